The van der Waals surface area contributed by atoms with Crippen LogP contribution in [0.4, 0.5) is 0 Å². The first kappa shape index (κ1) is 13.2. The highest BCUT2D eigenvalue weighted by Gasteiger charge is 2.13. The fourth-order valence-corrected chi connectivity index (χ4v) is 2.17. The molecule has 0 aliphatic heterocycles. The van der Waals surface area contributed by atoms with E-state index in [1.165, 1.54) is 7.11 Å². The van der Waals surface area contributed by atoms with Gasteiger partial charge in [-0.3, -0.25) is 14.6 Å². The lowest BCUT2D eigenvalue weighted by Crippen LogP contribution is -2.22. The third-order valence-electron chi connectivity index (χ3n) is 3.11. The van der Waals surface area contributed by atoms with Crippen molar-refractivity contribution in [3.05, 3.63) is 60.4 Å². The van der Waals surface area contributed by atoms with E-state index in [0.29, 0.717) is 11.3 Å². The average molecular weight is 279 g/mol. The van der Waals surface area contributed by atoms with Crippen molar-refractivity contribution in [3.63, 3.8) is 0 Å². The molecule has 0 aliphatic rings. The minimum absolute atomic E-state index is 0.304. The Balaban J connectivity index is 2.22. The zero-order chi connectivity index (χ0) is 14.7. The highest BCUT2D eigenvalue weighted by molar-refractivity contribution is 6.06. The highest BCUT2D eigenvalue weighted by Crippen LogP contribution is 2.24. The number of hydroxylamine groups is 1. The number of hydrogen-bond acceptors (Lipinski definition) is 4. The molecule has 0 atom stereocenters. The molecule has 0 spiro atoms. The number of carbonyl (C=O) groups is 1. The topological polar surface area (TPSA) is 64.1 Å². The Morgan fingerprint density at radius 3 is 2.81 bits per heavy atom. The summed E-state index contributed by atoms with van der Waals surface area (Å²) in [7, 11) is 1.41. The van der Waals surface area contributed by atoms with Crippen LogP contribution in [0, 0.1) is 0 Å². The Hall–Kier alpha value is -2.79. The van der Waals surface area contributed by atoms with Crippen molar-refractivity contribution in [3.8, 4) is 11.3 Å². The van der Waals surface area contributed by atoms with Crippen molar-refractivity contribution in [1.29, 1.82) is 0 Å². The van der Waals surface area contributed by atoms with Gasteiger partial charge in [-0.05, 0) is 24.3 Å². The van der Waals surface area contributed by atoms with Gasteiger partial charge in [-0.25, -0.2) is 10.5 Å². The lowest BCUT2D eigenvalue weighted by atomic mass is 10.0. The summed E-state index contributed by atoms with van der Waals surface area (Å²) in [4.78, 5) is 25.6. The summed E-state index contributed by atoms with van der Waals surface area (Å²) in [5.74, 6) is -0.304. The van der Waals surface area contributed by atoms with E-state index in [2.05, 4.69) is 15.4 Å². The number of benzene rings is 1. The quantitative estimate of drug-likeness (QED) is 0.748. The van der Waals surface area contributed by atoms with Gasteiger partial charge in [0.25, 0.3) is 5.91 Å². The van der Waals surface area contributed by atoms with Crippen LogP contribution in [0.5, 0.6) is 0 Å². The fourth-order valence-electron chi connectivity index (χ4n) is 2.17. The SMILES string of the molecule is CONC(=O)c1cc(-c2cccnc2)nc2ccccc12. The molecule has 1 N–H and O–H groups in total. The van der Waals surface area contributed by atoms with Crippen LogP contribution >= 0.6 is 0 Å². The zero-order valence-electron chi connectivity index (χ0n) is 11.4. The van der Waals surface area contributed by atoms with Gasteiger partial charge in [0.2, 0.25) is 0 Å². The molecular formula is C16H13N3O2. The Morgan fingerprint density at radius 1 is 1.19 bits per heavy atom. The minimum Gasteiger partial charge on any atom is -0.277 e. The lowest BCUT2D eigenvalue weighted by Gasteiger charge is -2.09. The van der Waals surface area contributed by atoms with Crippen molar-refractivity contribution < 1.29 is 9.63 Å². The summed E-state index contributed by atoms with van der Waals surface area (Å²) in [6, 6.07) is 13.0. The van der Waals surface area contributed by atoms with Crippen LogP contribution in [-0.2, 0) is 4.84 Å². The van der Waals surface area contributed by atoms with Crippen LogP contribution in [0.3, 0.4) is 0 Å². The molecule has 5 heteroatoms. The summed E-state index contributed by atoms with van der Waals surface area (Å²) in [6.45, 7) is 0. The standard InChI is InChI=1S/C16H13N3O2/c1-21-19-16(20)13-9-15(11-5-4-8-17-10-11)18-14-7-3-2-6-12(13)14/h2-10H,1H3,(H,19,20). The van der Waals surface area contributed by atoms with E-state index in [0.717, 1.165) is 16.5 Å². The van der Waals surface area contributed by atoms with Crippen LogP contribution in [0.2, 0.25) is 0 Å². The number of rotatable bonds is 3. The second kappa shape index (κ2) is 5.68. The number of nitrogens with zero attached hydrogens (tertiary/aromatic N) is 2. The molecule has 3 rings (SSSR count). The minimum atomic E-state index is -0.304. The maximum absolute atomic E-state index is 12.2. The first-order valence-corrected chi connectivity index (χ1v) is 6.43. The van der Waals surface area contributed by atoms with Gasteiger partial charge in [0, 0.05) is 23.3 Å². The maximum Gasteiger partial charge on any atom is 0.275 e. The molecule has 21 heavy (non-hydrogen) atoms. The number of hydrogen-bond donors (Lipinski definition) is 1. The first-order valence-electron chi connectivity index (χ1n) is 6.43. The van der Waals surface area contributed by atoms with Gasteiger partial charge in [0.15, 0.2) is 0 Å². The van der Waals surface area contributed by atoms with Gasteiger partial charge in [-0.2, -0.15) is 0 Å². The third-order valence-corrected chi connectivity index (χ3v) is 3.11. The number of nitrogens with one attached hydrogen (secondary N) is 1. The predicted octanol–water partition coefficient (Wildman–Crippen LogP) is 2.59. The average Bonchev–Trinajstić information content (AvgIpc) is 2.55. The van der Waals surface area contributed by atoms with E-state index in [4.69, 9.17) is 4.84 Å². The predicted molar refractivity (Wildman–Crippen MR) is 79.4 cm³/mol. The normalized spacial score (nSPS) is 10.5. The molecule has 0 unspecified atom stereocenters. The first-order chi connectivity index (χ1) is 10.3. The number of amides is 1. The molecule has 1 amide bonds. The molecule has 0 saturated carbocycles. The van der Waals surface area contributed by atoms with Crippen molar-refractivity contribution in [1.82, 2.24) is 15.4 Å². The van der Waals surface area contributed by atoms with Crippen LogP contribution in [0.15, 0.2) is 54.9 Å². The molecule has 1 aromatic carbocycles. The lowest BCUT2D eigenvalue weighted by molar-refractivity contribution is 0.0539. The van der Waals surface area contributed by atoms with E-state index >= 15 is 0 Å². The summed E-state index contributed by atoms with van der Waals surface area (Å²) in [5, 5.41) is 0.777. The number of para-hydroxylation sites is 1. The molecule has 0 aliphatic carbocycles. The Morgan fingerprint density at radius 2 is 2.05 bits per heavy atom. The molecule has 0 saturated heterocycles. The maximum atomic E-state index is 12.2. The van der Waals surface area contributed by atoms with Gasteiger partial charge >= 0.3 is 0 Å². The van der Waals surface area contributed by atoms with Crippen LogP contribution in [0.25, 0.3) is 22.2 Å². The van der Waals surface area contributed by atoms with E-state index in [-0.39, 0.29) is 5.91 Å². The fraction of sp³-hybridized carbons (Fsp3) is 0.0625. The third kappa shape index (κ3) is 2.59. The molecule has 2 heterocycles. The molecule has 0 bridgehead atoms. The molecule has 0 fully saturated rings. The molecular weight excluding hydrogens is 266 g/mol. The van der Waals surface area contributed by atoms with Crippen molar-refractivity contribution in [2.75, 3.05) is 7.11 Å². The van der Waals surface area contributed by atoms with Crippen molar-refractivity contribution in [2.24, 2.45) is 0 Å². The Labute approximate surface area is 121 Å². The molecule has 0 radical (unpaired) electrons. The second-order valence-corrected chi connectivity index (χ2v) is 4.45. The van der Waals surface area contributed by atoms with E-state index < -0.39 is 0 Å². The summed E-state index contributed by atoms with van der Waals surface area (Å²) >= 11 is 0. The van der Waals surface area contributed by atoms with E-state index in [1.807, 2.05) is 36.4 Å². The van der Waals surface area contributed by atoms with Crippen LogP contribution in [0.1, 0.15) is 10.4 Å². The summed E-state index contributed by atoms with van der Waals surface area (Å²) in [6.07, 6.45) is 3.41. The van der Waals surface area contributed by atoms with Gasteiger partial charge in [0.05, 0.1) is 23.9 Å². The highest BCUT2D eigenvalue weighted by atomic mass is 16.6. The van der Waals surface area contributed by atoms with Crippen molar-refractivity contribution in [2.45, 2.75) is 0 Å². The van der Waals surface area contributed by atoms with Crippen LogP contribution < -0.4 is 5.48 Å². The Bertz CT molecular complexity index is 788. The van der Waals surface area contributed by atoms with Crippen molar-refractivity contribution >= 4 is 16.8 Å². The van der Waals surface area contributed by atoms with Gasteiger partial charge in [-0.1, -0.05) is 18.2 Å². The van der Waals surface area contributed by atoms with E-state index in [1.54, 1.807) is 18.5 Å². The van der Waals surface area contributed by atoms with Gasteiger partial charge in [0.1, 0.15) is 0 Å². The molecule has 3 aromatic rings. The largest absolute Gasteiger partial charge is 0.277 e. The summed E-state index contributed by atoms with van der Waals surface area (Å²) in [5.41, 5.74) is 5.17. The van der Waals surface area contributed by atoms with Gasteiger partial charge < -0.3 is 0 Å². The zero-order valence-corrected chi connectivity index (χ0v) is 11.4. The Kier molecular flexibility index (Phi) is 3.57. The van der Waals surface area contributed by atoms with Crippen LogP contribution in [-0.4, -0.2) is 23.0 Å². The molecule has 5 nitrogen and oxygen atoms in total. The molecule has 2 aromatic heterocycles. The molecule has 104 valence electrons. The second-order valence-electron chi connectivity index (χ2n) is 4.45. The summed E-state index contributed by atoms with van der Waals surface area (Å²) < 4.78 is 0. The van der Waals surface area contributed by atoms with Gasteiger partial charge in [-0.15, -0.1) is 0 Å². The monoisotopic (exact) mass is 279 g/mol. The number of fused-ring (bicyclic) bond motifs is 1. The van der Waals surface area contributed by atoms with E-state index in [9.17, 15) is 4.79 Å². The number of pyridine rings is 2. The smallest absolute Gasteiger partial charge is 0.275 e. The number of aromatic nitrogens is 2. The number of carbonyl (C=O) groups excluding carboxylic acids is 1.